The Balaban J connectivity index is 2.59. The summed E-state index contributed by atoms with van der Waals surface area (Å²) in [5.74, 6) is 1.21. The number of halogens is 1. The molecule has 1 aromatic carbocycles. The molecule has 0 aliphatic heterocycles. The summed E-state index contributed by atoms with van der Waals surface area (Å²) in [4.78, 5) is 1.12. The third kappa shape index (κ3) is 4.03. The van der Waals surface area contributed by atoms with E-state index in [2.05, 4.69) is 0 Å². The van der Waals surface area contributed by atoms with E-state index in [9.17, 15) is 0 Å². The van der Waals surface area contributed by atoms with Crippen molar-refractivity contribution in [1.82, 2.24) is 0 Å². The molecule has 0 bridgehead atoms. The number of aliphatic hydroxyl groups is 1. The lowest BCUT2D eigenvalue weighted by atomic mass is 10.2. The molecule has 3 N–H and O–H groups in total. The second-order valence-corrected chi connectivity index (χ2v) is 5.06. The first-order chi connectivity index (χ1) is 7.17. The van der Waals surface area contributed by atoms with Crippen LogP contribution in [-0.4, -0.2) is 17.5 Å². The molecule has 0 amide bonds. The first kappa shape index (κ1) is 12.8. The molecule has 1 atom stereocenters. The Bertz CT molecular complexity index is 319. The fourth-order valence-electron chi connectivity index (χ4n) is 1.07. The molecular weight excluding hydrogens is 230 g/mol. The fraction of sp³-hybridized carbons (Fsp3) is 0.455. The van der Waals surface area contributed by atoms with Crippen molar-refractivity contribution in [3.05, 3.63) is 28.8 Å². The van der Waals surface area contributed by atoms with Gasteiger partial charge in [0.05, 0.1) is 0 Å². The van der Waals surface area contributed by atoms with Crippen LogP contribution in [0.3, 0.4) is 0 Å². The summed E-state index contributed by atoms with van der Waals surface area (Å²) in [5.41, 5.74) is 6.49. The molecule has 0 aliphatic carbocycles. The van der Waals surface area contributed by atoms with E-state index in [0.29, 0.717) is 12.5 Å². The van der Waals surface area contributed by atoms with Gasteiger partial charge in [-0.25, -0.2) is 0 Å². The number of hydrogen-bond donors (Lipinski definition) is 2. The third-order valence-electron chi connectivity index (χ3n) is 2.09. The van der Waals surface area contributed by atoms with Crippen molar-refractivity contribution in [2.45, 2.75) is 18.4 Å². The zero-order chi connectivity index (χ0) is 11.3. The maximum atomic E-state index is 8.89. The van der Waals surface area contributed by atoms with Crippen LogP contribution in [0.4, 0.5) is 0 Å². The van der Waals surface area contributed by atoms with Gasteiger partial charge in [0.2, 0.25) is 0 Å². The molecule has 0 aliphatic rings. The number of benzene rings is 1. The van der Waals surface area contributed by atoms with Gasteiger partial charge in [-0.05, 0) is 23.6 Å². The largest absolute Gasteiger partial charge is 0.396 e. The van der Waals surface area contributed by atoms with Crippen molar-refractivity contribution in [2.24, 2.45) is 11.7 Å². The number of thioether (sulfide) groups is 1. The molecule has 0 spiro atoms. The van der Waals surface area contributed by atoms with Crippen molar-refractivity contribution in [3.63, 3.8) is 0 Å². The zero-order valence-corrected chi connectivity index (χ0v) is 10.3. The Morgan fingerprint density at radius 3 is 2.80 bits per heavy atom. The molecule has 0 radical (unpaired) electrons. The maximum absolute atomic E-state index is 8.89. The molecule has 0 fully saturated rings. The summed E-state index contributed by atoms with van der Waals surface area (Å²) in [6, 6.07) is 5.90. The van der Waals surface area contributed by atoms with E-state index in [0.717, 1.165) is 21.2 Å². The van der Waals surface area contributed by atoms with Crippen molar-refractivity contribution in [1.29, 1.82) is 0 Å². The van der Waals surface area contributed by atoms with E-state index in [1.54, 1.807) is 11.8 Å². The monoisotopic (exact) mass is 245 g/mol. The molecule has 0 aromatic heterocycles. The van der Waals surface area contributed by atoms with E-state index in [4.69, 9.17) is 22.4 Å². The minimum absolute atomic E-state index is 0.224. The van der Waals surface area contributed by atoms with Crippen LogP contribution in [0.5, 0.6) is 0 Å². The number of aliphatic hydroxyl groups excluding tert-OH is 1. The smallest absolute Gasteiger partial charge is 0.0464 e. The van der Waals surface area contributed by atoms with Gasteiger partial charge in [0, 0.05) is 28.8 Å². The summed E-state index contributed by atoms with van der Waals surface area (Å²) >= 11 is 7.74. The molecule has 4 heteroatoms. The van der Waals surface area contributed by atoms with Crippen LogP contribution in [0.25, 0.3) is 0 Å². The number of rotatable bonds is 5. The average molecular weight is 246 g/mol. The van der Waals surface area contributed by atoms with Crippen LogP contribution in [-0.2, 0) is 6.54 Å². The standard InChI is InChI=1S/C11H16ClNOS/c1-8(6-14)7-15-10-3-2-9(5-13)11(12)4-10/h2-4,8,14H,5-7,13H2,1H3. The zero-order valence-electron chi connectivity index (χ0n) is 8.74. The molecule has 84 valence electrons. The predicted molar refractivity (Wildman–Crippen MR) is 66.3 cm³/mol. The molecular formula is C11H16ClNOS. The Morgan fingerprint density at radius 1 is 1.53 bits per heavy atom. The average Bonchev–Trinajstić information content (AvgIpc) is 2.26. The quantitative estimate of drug-likeness (QED) is 0.784. The molecule has 1 unspecified atom stereocenters. The van der Waals surface area contributed by atoms with Crippen molar-refractivity contribution in [3.8, 4) is 0 Å². The topological polar surface area (TPSA) is 46.2 Å². The van der Waals surface area contributed by atoms with Crippen molar-refractivity contribution >= 4 is 23.4 Å². The van der Waals surface area contributed by atoms with Gasteiger partial charge < -0.3 is 10.8 Å². The van der Waals surface area contributed by atoms with E-state index >= 15 is 0 Å². The predicted octanol–water partition coefficient (Wildman–Crippen LogP) is 2.52. The minimum Gasteiger partial charge on any atom is -0.396 e. The highest BCUT2D eigenvalue weighted by Gasteiger charge is 2.04. The Hall–Kier alpha value is -0.220. The van der Waals surface area contributed by atoms with Gasteiger partial charge in [0.1, 0.15) is 0 Å². The summed E-state index contributed by atoms with van der Waals surface area (Å²) in [6.07, 6.45) is 0. The Morgan fingerprint density at radius 2 is 2.27 bits per heavy atom. The second-order valence-electron chi connectivity index (χ2n) is 3.56. The van der Waals surface area contributed by atoms with E-state index in [-0.39, 0.29) is 6.61 Å². The highest BCUT2D eigenvalue weighted by molar-refractivity contribution is 7.99. The van der Waals surface area contributed by atoms with Gasteiger partial charge >= 0.3 is 0 Å². The van der Waals surface area contributed by atoms with Gasteiger partial charge in [-0.3, -0.25) is 0 Å². The SMILES string of the molecule is CC(CO)CSc1ccc(CN)c(Cl)c1. The minimum atomic E-state index is 0.224. The first-order valence-electron chi connectivity index (χ1n) is 4.89. The normalized spacial score (nSPS) is 12.8. The molecule has 2 nitrogen and oxygen atoms in total. The molecule has 1 aromatic rings. The molecule has 0 heterocycles. The lowest BCUT2D eigenvalue weighted by Crippen LogP contribution is -2.03. The van der Waals surface area contributed by atoms with Crippen LogP contribution < -0.4 is 5.73 Å². The van der Waals surface area contributed by atoms with Crippen LogP contribution >= 0.6 is 23.4 Å². The first-order valence-corrected chi connectivity index (χ1v) is 6.26. The third-order valence-corrected chi connectivity index (χ3v) is 3.77. The highest BCUT2D eigenvalue weighted by Crippen LogP contribution is 2.26. The summed E-state index contributed by atoms with van der Waals surface area (Å²) < 4.78 is 0. The number of nitrogens with two attached hydrogens (primary N) is 1. The van der Waals surface area contributed by atoms with Crippen LogP contribution in [0.1, 0.15) is 12.5 Å². The number of hydrogen-bond acceptors (Lipinski definition) is 3. The summed E-state index contributed by atoms with van der Waals surface area (Å²) in [6.45, 7) is 2.71. The molecule has 1 rings (SSSR count). The van der Waals surface area contributed by atoms with Crippen molar-refractivity contribution < 1.29 is 5.11 Å². The molecule has 0 saturated carbocycles. The Labute approximate surface area is 99.8 Å². The van der Waals surface area contributed by atoms with Crippen LogP contribution in [0, 0.1) is 5.92 Å². The van der Waals surface area contributed by atoms with Gasteiger partial charge in [-0.2, -0.15) is 0 Å². The van der Waals surface area contributed by atoms with Crippen molar-refractivity contribution in [2.75, 3.05) is 12.4 Å². The van der Waals surface area contributed by atoms with Gasteiger partial charge in [0.15, 0.2) is 0 Å². The maximum Gasteiger partial charge on any atom is 0.0464 e. The van der Waals surface area contributed by atoms with Gasteiger partial charge in [-0.15, -0.1) is 11.8 Å². The Kier molecular flexibility index (Phi) is 5.47. The van der Waals surface area contributed by atoms with Crippen LogP contribution in [0.2, 0.25) is 5.02 Å². The van der Waals surface area contributed by atoms with E-state index in [1.165, 1.54) is 0 Å². The van der Waals surface area contributed by atoms with Gasteiger partial charge in [0.25, 0.3) is 0 Å². The fourth-order valence-corrected chi connectivity index (χ4v) is 2.34. The molecule has 0 saturated heterocycles. The van der Waals surface area contributed by atoms with E-state index in [1.807, 2.05) is 25.1 Å². The lowest BCUT2D eigenvalue weighted by Gasteiger charge is -2.08. The molecule has 15 heavy (non-hydrogen) atoms. The van der Waals surface area contributed by atoms with Gasteiger partial charge in [-0.1, -0.05) is 24.6 Å². The summed E-state index contributed by atoms with van der Waals surface area (Å²) in [7, 11) is 0. The van der Waals surface area contributed by atoms with E-state index < -0.39 is 0 Å². The summed E-state index contributed by atoms with van der Waals surface area (Å²) in [5, 5.41) is 9.62. The highest BCUT2D eigenvalue weighted by atomic mass is 35.5. The second kappa shape index (κ2) is 6.38. The van der Waals surface area contributed by atoms with Crippen LogP contribution in [0.15, 0.2) is 23.1 Å². The lowest BCUT2D eigenvalue weighted by molar-refractivity contribution is 0.250.